The molecule has 7 heteroatoms. The molecule has 0 atom stereocenters. The van der Waals surface area contributed by atoms with Crippen LogP contribution in [-0.2, 0) is 9.59 Å². The van der Waals surface area contributed by atoms with Gasteiger partial charge in [-0.05, 0) is 27.7 Å². The summed E-state index contributed by atoms with van der Waals surface area (Å²) in [6.45, 7) is 5.84. The fraction of sp³-hybridized carbons (Fsp3) is 0.800. The van der Waals surface area contributed by atoms with E-state index in [1.807, 2.05) is 0 Å². The van der Waals surface area contributed by atoms with Crippen LogP contribution in [0.4, 0.5) is 0 Å². The van der Waals surface area contributed by atoms with Crippen molar-refractivity contribution >= 4 is 49.7 Å². The Morgan fingerprint density at radius 3 is 1.00 bits per heavy atom. The number of carboxylic acid groups (broad SMARTS) is 2. The van der Waals surface area contributed by atoms with E-state index < -0.39 is 23.1 Å². The molecule has 0 saturated carbocycles. The molecule has 2 radical (unpaired) electrons. The Bertz CT molecular complexity index is 212. The molecule has 98 valence electrons. The van der Waals surface area contributed by atoms with Gasteiger partial charge in [-0.25, -0.2) is 0 Å². The zero-order chi connectivity index (χ0) is 13.6. The van der Waals surface area contributed by atoms with Crippen molar-refractivity contribution in [2.24, 2.45) is 0 Å². The van der Waals surface area contributed by atoms with Crippen molar-refractivity contribution in [2.45, 2.75) is 51.7 Å². The maximum Gasteiger partial charge on any atom is 0.306 e. The van der Waals surface area contributed by atoms with Crippen LogP contribution in [0.3, 0.4) is 0 Å². The smallest absolute Gasteiger partial charge is 0.306 e. The van der Waals surface area contributed by atoms with E-state index in [1.54, 1.807) is 0 Å². The SMILES string of the molecule is CC(C)(O)CC(=O)O.CC(C)(O)CC(=O)O.[Ca]. The van der Waals surface area contributed by atoms with Crippen LogP contribution < -0.4 is 0 Å². The largest absolute Gasteiger partial charge is 0.481 e. The van der Waals surface area contributed by atoms with Crippen molar-refractivity contribution in [1.82, 2.24) is 0 Å². The Hall–Kier alpha value is 0.120. The Kier molecular flexibility index (Phi) is 11.9. The van der Waals surface area contributed by atoms with Gasteiger partial charge >= 0.3 is 11.9 Å². The van der Waals surface area contributed by atoms with Gasteiger partial charge in [-0.1, -0.05) is 0 Å². The fourth-order valence-electron chi connectivity index (χ4n) is 0.740. The van der Waals surface area contributed by atoms with E-state index in [-0.39, 0.29) is 50.6 Å². The topological polar surface area (TPSA) is 115 Å². The summed E-state index contributed by atoms with van der Waals surface area (Å²) in [4.78, 5) is 19.7. The fourth-order valence-corrected chi connectivity index (χ4v) is 0.740. The maximum absolute atomic E-state index is 9.85. The summed E-state index contributed by atoms with van der Waals surface area (Å²) in [5.41, 5.74) is -2.16. The predicted octanol–water partition coefficient (Wildman–Crippen LogP) is 0.0832. The molecule has 0 heterocycles. The van der Waals surface area contributed by atoms with E-state index in [2.05, 4.69) is 0 Å². The first-order chi connectivity index (χ1) is 6.83. The number of aliphatic hydroxyl groups is 2. The third-order valence-electron chi connectivity index (χ3n) is 1.17. The second-order valence-electron chi connectivity index (χ2n) is 4.77. The Labute approximate surface area is 131 Å². The van der Waals surface area contributed by atoms with E-state index in [1.165, 1.54) is 27.7 Å². The molecule has 0 unspecified atom stereocenters. The molecule has 0 aromatic carbocycles. The minimum absolute atomic E-state index is 0. The summed E-state index contributed by atoms with van der Waals surface area (Å²) < 4.78 is 0. The molecule has 0 rings (SSSR count). The van der Waals surface area contributed by atoms with E-state index in [0.29, 0.717) is 0 Å². The van der Waals surface area contributed by atoms with Crippen LogP contribution in [0.15, 0.2) is 0 Å². The van der Waals surface area contributed by atoms with Crippen LogP contribution in [0.1, 0.15) is 40.5 Å². The molecule has 0 spiro atoms. The van der Waals surface area contributed by atoms with Crippen molar-refractivity contribution in [3.63, 3.8) is 0 Å². The minimum atomic E-state index is -1.08. The van der Waals surface area contributed by atoms with E-state index >= 15 is 0 Å². The van der Waals surface area contributed by atoms with Gasteiger partial charge in [-0.3, -0.25) is 9.59 Å². The van der Waals surface area contributed by atoms with Crippen molar-refractivity contribution < 1.29 is 30.0 Å². The van der Waals surface area contributed by atoms with Gasteiger partial charge in [-0.2, -0.15) is 0 Å². The van der Waals surface area contributed by atoms with Crippen LogP contribution in [0, 0.1) is 0 Å². The normalized spacial score (nSPS) is 10.7. The second-order valence-corrected chi connectivity index (χ2v) is 4.77. The average molecular weight is 276 g/mol. The molecule has 6 nitrogen and oxygen atoms in total. The number of rotatable bonds is 4. The van der Waals surface area contributed by atoms with Crippen LogP contribution in [-0.4, -0.2) is 81.3 Å². The molecule has 0 aliphatic heterocycles. The van der Waals surface area contributed by atoms with Gasteiger partial charge in [0.05, 0.1) is 24.0 Å². The molecule has 0 aliphatic carbocycles. The second kappa shape index (κ2) is 9.10. The third-order valence-corrected chi connectivity index (χ3v) is 1.17. The zero-order valence-corrected chi connectivity index (χ0v) is 12.9. The number of carbonyl (C=O) groups is 2. The van der Waals surface area contributed by atoms with Gasteiger partial charge < -0.3 is 20.4 Å². The summed E-state index contributed by atoms with van der Waals surface area (Å²) in [6, 6.07) is 0. The summed E-state index contributed by atoms with van der Waals surface area (Å²) in [5.74, 6) is -1.95. The zero-order valence-electron chi connectivity index (χ0n) is 10.7. The van der Waals surface area contributed by atoms with Gasteiger partial charge in [0.2, 0.25) is 0 Å². The van der Waals surface area contributed by atoms with Crippen molar-refractivity contribution in [2.75, 3.05) is 0 Å². The first-order valence-electron chi connectivity index (χ1n) is 4.72. The molecule has 0 aromatic rings. The van der Waals surface area contributed by atoms with Crippen molar-refractivity contribution in [3.8, 4) is 0 Å². The predicted molar refractivity (Wildman–Crippen MR) is 62.9 cm³/mol. The molecular weight excluding hydrogens is 256 g/mol. The molecule has 0 fully saturated rings. The molecule has 0 bridgehead atoms. The molecular formula is C10H20CaO6. The molecule has 4 N–H and O–H groups in total. The van der Waals surface area contributed by atoms with E-state index in [0.717, 1.165) is 0 Å². The molecule has 0 saturated heterocycles. The summed E-state index contributed by atoms with van der Waals surface area (Å²) in [6.07, 6.45) is -0.403. The standard InChI is InChI=1S/2C5H10O3.Ca/c2*1-5(2,8)3-4(6)7;/h2*8H,3H2,1-2H3,(H,6,7);. The van der Waals surface area contributed by atoms with Crippen molar-refractivity contribution in [1.29, 1.82) is 0 Å². The van der Waals surface area contributed by atoms with Gasteiger partial charge in [0, 0.05) is 37.7 Å². The van der Waals surface area contributed by atoms with Gasteiger partial charge in [0.25, 0.3) is 0 Å². The van der Waals surface area contributed by atoms with Crippen LogP contribution in [0.5, 0.6) is 0 Å². The summed E-state index contributed by atoms with van der Waals surface area (Å²) in [7, 11) is 0. The van der Waals surface area contributed by atoms with E-state index in [9.17, 15) is 9.59 Å². The Morgan fingerprint density at radius 2 is 1.00 bits per heavy atom. The molecule has 0 aromatic heterocycles. The minimum Gasteiger partial charge on any atom is -0.481 e. The average Bonchev–Trinajstić information content (AvgIpc) is 1.72. The number of aliphatic carboxylic acids is 2. The summed E-state index contributed by atoms with van der Waals surface area (Å²) >= 11 is 0. The van der Waals surface area contributed by atoms with Crippen LogP contribution in [0.25, 0.3) is 0 Å². The molecule has 17 heavy (non-hydrogen) atoms. The van der Waals surface area contributed by atoms with Gasteiger partial charge in [0.15, 0.2) is 0 Å². The Morgan fingerprint density at radius 1 is 0.824 bits per heavy atom. The number of hydrogen-bond acceptors (Lipinski definition) is 4. The van der Waals surface area contributed by atoms with Gasteiger partial charge in [-0.15, -0.1) is 0 Å². The molecule has 0 amide bonds. The van der Waals surface area contributed by atoms with Crippen LogP contribution >= 0.6 is 0 Å². The molecule has 0 aliphatic rings. The first-order valence-corrected chi connectivity index (χ1v) is 4.72. The van der Waals surface area contributed by atoms with Crippen LogP contribution in [0.2, 0.25) is 0 Å². The summed E-state index contributed by atoms with van der Waals surface area (Å²) in [5, 5.41) is 33.8. The Balaban J connectivity index is -0.000000218. The maximum atomic E-state index is 9.85. The monoisotopic (exact) mass is 276 g/mol. The first kappa shape index (κ1) is 22.3. The van der Waals surface area contributed by atoms with Gasteiger partial charge in [0.1, 0.15) is 0 Å². The van der Waals surface area contributed by atoms with E-state index in [4.69, 9.17) is 20.4 Å². The number of carboxylic acids is 2. The quantitative estimate of drug-likeness (QED) is 0.541. The number of hydrogen-bond donors (Lipinski definition) is 4. The van der Waals surface area contributed by atoms with Crippen molar-refractivity contribution in [3.05, 3.63) is 0 Å². The third kappa shape index (κ3) is 31.4.